The van der Waals surface area contributed by atoms with Gasteiger partial charge in [0, 0.05) is 25.4 Å². The number of nitrogens with one attached hydrogen (secondary N) is 3. The Hall–Kier alpha value is -2.09. The monoisotopic (exact) mass is 283 g/mol. The minimum atomic E-state index is -1.12. The van der Waals surface area contributed by atoms with Crippen LogP contribution in [0.15, 0.2) is 12.4 Å². The van der Waals surface area contributed by atoms with E-state index in [1.807, 2.05) is 6.92 Å². The summed E-state index contributed by atoms with van der Waals surface area (Å²) in [7, 11) is 1.68. The van der Waals surface area contributed by atoms with Crippen molar-refractivity contribution in [1.29, 1.82) is 0 Å². The van der Waals surface area contributed by atoms with Crippen molar-refractivity contribution in [2.24, 2.45) is 7.05 Å². The Kier molecular flexibility index (Phi) is 6.51. The quantitative estimate of drug-likeness (QED) is 0.496. The number of carboxylic acid groups (broad SMARTS) is 1. The second-order valence-electron chi connectivity index (χ2n) is 4.33. The fourth-order valence-corrected chi connectivity index (χ4v) is 1.65. The Bertz CT molecular complexity index is 446. The van der Waals surface area contributed by atoms with E-state index < -0.39 is 18.0 Å². The highest BCUT2D eigenvalue weighted by Crippen LogP contribution is 2.11. The van der Waals surface area contributed by atoms with Gasteiger partial charge in [0.2, 0.25) is 0 Å². The molecule has 8 heteroatoms. The summed E-state index contributed by atoms with van der Waals surface area (Å²) in [5.74, 6) is -1.12. The van der Waals surface area contributed by atoms with Gasteiger partial charge in [-0.05, 0) is 19.5 Å². The Morgan fingerprint density at radius 1 is 1.45 bits per heavy atom. The molecule has 0 radical (unpaired) electrons. The minimum Gasteiger partial charge on any atom is -0.479 e. The second-order valence-corrected chi connectivity index (χ2v) is 4.33. The lowest BCUT2D eigenvalue weighted by Gasteiger charge is -2.13. The molecule has 0 aliphatic heterocycles. The third-order valence-corrected chi connectivity index (χ3v) is 2.65. The summed E-state index contributed by atoms with van der Waals surface area (Å²) >= 11 is 0. The van der Waals surface area contributed by atoms with Crippen LogP contribution in [0.5, 0.6) is 0 Å². The molecule has 8 nitrogen and oxygen atoms in total. The molecular formula is C12H21N5O3. The van der Waals surface area contributed by atoms with Gasteiger partial charge in [-0.25, -0.2) is 9.59 Å². The summed E-state index contributed by atoms with van der Waals surface area (Å²) in [6, 6.07) is -1.60. The number of urea groups is 1. The van der Waals surface area contributed by atoms with E-state index in [1.165, 1.54) is 10.9 Å². The topological polar surface area (TPSA) is 108 Å². The number of aryl methyl sites for hydroxylation is 1. The average Bonchev–Trinajstić information content (AvgIpc) is 2.81. The van der Waals surface area contributed by atoms with Gasteiger partial charge in [0.25, 0.3) is 0 Å². The fraction of sp³-hybridized carbons (Fsp3) is 0.583. The summed E-state index contributed by atoms with van der Waals surface area (Å²) in [6.45, 7) is 4.18. The number of carboxylic acids is 1. The summed E-state index contributed by atoms with van der Waals surface area (Å²) in [4.78, 5) is 22.8. The third kappa shape index (κ3) is 5.27. The van der Waals surface area contributed by atoms with Gasteiger partial charge in [-0.1, -0.05) is 6.92 Å². The molecule has 20 heavy (non-hydrogen) atoms. The molecule has 0 spiro atoms. The molecule has 1 aromatic rings. The maximum atomic E-state index is 11.6. The highest BCUT2D eigenvalue weighted by atomic mass is 16.4. The standard InChI is InChI=1S/C12H21N5O3/c1-3-13-5-4-6-14-12(20)16-10(11(18)19)9-7-15-17(2)8-9/h7-8,10,13H,3-6H2,1-2H3,(H,18,19)(H2,14,16,20). The van der Waals surface area contributed by atoms with Crippen LogP contribution in [-0.2, 0) is 11.8 Å². The number of aromatic nitrogens is 2. The first-order valence-electron chi connectivity index (χ1n) is 6.51. The van der Waals surface area contributed by atoms with Crippen molar-refractivity contribution >= 4 is 12.0 Å². The number of nitrogens with zero attached hydrogens (tertiary/aromatic N) is 2. The Morgan fingerprint density at radius 3 is 2.75 bits per heavy atom. The van der Waals surface area contributed by atoms with Gasteiger partial charge in [0.1, 0.15) is 0 Å². The largest absolute Gasteiger partial charge is 0.479 e. The number of hydrogen-bond acceptors (Lipinski definition) is 4. The molecule has 112 valence electrons. The molecule has 0 bridgehead atoms. The van der Waals surface area contributed by atoms with Crippen LogP contribution in [0, 0.1) is 0 Å². The molecule has 4 N–H and O–H groups in total. The summed E-state index contributed by atoms with van der Waals surface area (Å²) < 4.78 is 1.49. The smallest absolute Gasteiger partial charge is 0.331 e. The van der Waals surface area contributed by atoms with Crippen LogP contribution >= 0.6 is 0 Å². The molecule has 1 heterocycles. The first kappa shape index (κ1) is 16.0. The van der Waals surface area contributed by atoms with Crippen LogP contribution in [0.2, 0.25) is 0 Å². The molecule has 1 rings (SSSR count). The van der Waals surface area contributed by atoms with Crippen LogP contribution in [0.25, 0.3) is 0 Å². The highest BCUT2D eigenvalue weighted by Gasteiger charge is 2.23. The zero-order chi connectivity index (χ0) is 15.0. The van der Waals surface area contributed by atoms with Gasteiger partial charge in [0.15, 0.2) is 6.04 Å². The first-order chi connectivity index (χ1) is 9.54. The van der Waals surface area contributed by atoms with Gasteiger partial charge >= 0.3 is 12.0 Å². The van der Waals surface area contributed by atoms with Crippen LogP contribution in [0.3, 0.4) is 0 Å². The number of aliphatic carboxylic acids is 1. The molecule has 2 amide bonds. The van der Waals surface area contributed by atoms with Crippen LogP contribution in [0.4, 0.5) is 4.79 Å². The molecule has 1 aromatic heterocycles. The van der Waals surface area contributed by atoms with E-state index in [1.54, 1.807) is 13.2 Å². The fourth-order valence-electron chi connectivity index (χ4n) is 1.65. The lowest BCUT2D eigenvalue weighted by molar-refractivity contribution is -0.139. The van der Waals surface area contributed by atoms with E-state index in [0.717, 1.165) is 19.5 Å². The van der Waals surface area contributed by atoms with Crippen molar-refractivity contribution in [3.05, 3.63) is 18.0 Å². The van der Waals surface area contributed by atoms with E-state index >= 15 is 0 Å². The third-order valence-electron chi connectivity index (χ3n) is 2.65. The molecule has 0 aromatic carbocycles. The van der Waals surface area contributed by atoms with Gasteiger partial charge in [0.05, 0.1) is 6.20 Å². The van der Waals surface area contributed by atoms with Crippen molar-refractivity contribution in [1.82, 2.24) is 25.7 Å². The molecule has 1 atom stereocenters. The zero-order valence-corrected chi connectivity index (χ0v) is 11.7. The number of carbonyl (C=O) groups excluding carboxylic acids is 1. The number of rotatable bonds is 8. The van der Waals surface area contributed by atoms with E-state index in [4.69, 9.17) is 5.11 Å². The van der Waals surface area contributed by atoms with E-state index in [2.05, 4.69) is 21.0 Å². The second kappa shape index (κ2) is 8.16. The van der Waals surface area contributed by atoms with Crippen molar-refractivity contribution in [2.75, 3.05) is 19.6 Å². The normalized spacial score (nSPS) is 11.9. The molecular weight excluding hydrogens is 262 g/mol. The van der Waals surface area contributed by atoms with Gasteiger partial charge in [-0.2, -0.15) is 5.10 Å². The molecule has 0 aliphatic carbocycles. The molecule has 0 saturated carbocycles. The summed E-state index contributed by atoms with van der Waals surface area (Å²) in [5, 5.41) is 21.2. The Balaban J connectivity index is 2.42. The number of carbonyl (C=O) groups is 2. The minimum absolute atomic E-state index is 0.433. The lowest BCUT2D eigenvalue weighted by atomic mass is 10.1. The van der Waals surface area contributed by atoms with Crippen molar-refractivity contribution in [3.63, 3.8) is 0 Å². The molecule has 0 fully saturated rings. The van der Waals surface area contributed by atoms with Crippen molar-refractivity contribution in [3.8, 4) is 0 Å². The summed E-state index contributed by atoms with van der Waals surface area (Å²) in [5.41, 5.74) is 0.433. The molecule has 0 saturated heterocycles. The maximum absolute atomic E-state index is 11.6. The number of hydrogen-bond donors (Lipinski definition) is 4. The predicted molar refractivity (Wildman–Crippen MR) is 73.3 cm³/mol. The molecule has 1 unspecified atom stereocenters. The average molecular weight is 283 g/mol. The van der Waals surface area contributed by atoms with Crippen molar-refractivity contribution < 1.29 is 14.7 Å². The SMILES string of the molecule is CCNCCCNC(=O)NC(C(=O)O)c1cnn(C)c1. The Morgan fingerprint density at radius 2 is 2.20 bits per heavy atom. The lowest BCUT2D eigenvalue weighted by Crippen LogP contribution is -2.41. The van der Waals surface area contributed by atoms with Crippen LogP contribution < -0.4 is 16.0 Å². The van der Waals surface area contributed by atoms with E-state index in [9.17, 15) is 9.59 Å². The van der Waals surface area contributed by atoms with E-state index in [-0.39, 0.29) is 0 Å². The van der Waals surface area contributed by atoms with Gasteiger partial charge in [-0.3, -0.25) is 4.68 Å². The number of amides is 2. The van der Waals surface area contributed by atoms with Gasteiger partial charge < -0.3 is 21.1 Å². The molecule has 0 aliphatic rings. The van der Waals surface area contributed by atoms with Crippen LogP contribution in [0.1, 0.15) is 24.9 Å². The van der Waals surface area contributed by atoms with Gasteiger partial charge in [-0.15, -0.1) is 0 Å². The van der Waals surface area contributed by atoms with E-state index in [0.29, 0.717) is 12.1 Å². The van der Waals surface area contributed by atoms with Crippen LogP contribution in [-0.4, -0.2) is 46.5 Å². The zero-order valence-electron chi connectivity index (χ0n) is 11.7. The first-order valence-corrected chi connectivity index (χ1v) is 6.51. The highest BCUT2D eigenvalue weighted by molar-refractivity contribution is 5.83. The summed E-state index contributed by atoms with van der Waals surface area (Å²) in [6.07, 6.45) is 3.76. The van der Waals surface area contributed by atoms with Crippen molar-refractivity contribution in [2.45, 2.75) is 19.4 Å². The maximum Gasteiger partial charge on any atom is 0.331 e. The Labute approximate surface area is 117 Å². The predicted octanol–water partition coefficient (Wildman–Crippen LogP) is -0.155.